The number of ether oxygens (including phenoxy) is 1. The standard InChI is InChI=1S/C21H8Cl2F4O4/c22-20(29)10-6-11(21(23)30)8-12(7-10)31-19-16(26)14(24)13(15(25)17(19)27)18(28)9-4-2-1-3-5-9/h1-8H. The molecule has 0 spiro atoms. The summed E-state index contributed by atoms with van der Waals surface area (Å²) in [6.45, 7) is 0. The molecule has 0 aromatic heterocycles. The number of benzene rings is 3. The van der Waals surface area contributed by atoms with Crippen LogP contribution in [-0.4, -0.2) is 16.3 Å². The molecule has 10 heteroatoms. The fourth-order valence-electron chi connectivity index (χ4n) is 2.64. The predicted molar refractivity (Wildman–Crippen MR) is 103 cm³/mol. The van der Waals surface area contributed by atoms with Crippen LogP contribution in [0, 0.1) is 23.3 Å². The van der Waals surface area contributed by atoms with Crippen LogP contribution in [0.25, 0.3) is 0 Å². The van der Waals surface area contributed by atoms with E-state index in [0.29, 0.717) is 0 Å². The van der Waals surface area contributed by atoms with Crippen LogP contribution in [0.4, 0.5) is 17.6 Å². The summed E-state index contributed by atoms with van der Waals surface area (Å²) in [5.41, 5.74) is -2.32. The molecular formula is C21H8Cl2F4O4. The molecule has 0 saturated heterocycles. The molecule has 0 aliphatic heterocycles. The average Bonchev–Trinajstić information content (AvgIpc) is 2.75. The first kappa shape index (κ1) is 22.5. The Balaban J connectivity index is 2.12. The fourth-order valence-corrected chi connectivity index (χ4v) is 2.86. The molecule has 3 aromatic carbocycles. The van der Waals surface area contributed by atoms with E-state index in [1.165, 1.54) is 30.3 Å². The normalized spacial score (nSPS) is 10.6. The number of carbonyl (C=O) groups is 3. The van der Waals surface area contributed by atoms with Crippen LogP contribution in [0.5, 0.6) is 11.5 Å². The first-order chi connectivity index (χ1) is 14.6. The molecule has 0 heterocycles. The van der Waals surface area contributed by atoms with Crippen molar-refractivity contribution in [3.63, 3.8) is 0 Å². The van der Waals surface area contributed by atoms with Gasteiger partial charge in [-0.2, -0.15) is 8.78 Å². The molecular weight excluding hydrogens is 463 g/mol. The minimum Gasteiger partial charge on any atom is -0.451 e. The quantitative estimate of drug-likeness (QED) is 0.191. The van der Waals surface area contributed by atoms with Crippen LogP contribution in [0.2, 0.25) is 0 Å². The van der Waals surface area contributed by atoms with Gasteiger partial charge in [-0.05, 0) is 41.4 Å². The van der Waals surface area contributed by atoms with Gasteiger partial charge in [-0.1, -0.05) is 30.3 Å². The van der Waals surface area contributed by atoms with Gasteiger partial charge in [0.1, 0.15) is 11.3 Å². The van der Waals surface area contributed by atoms with Gasteiger partial charge in [-0.25, -0.2) is 8.78 Å². The zero-order valence-electron chi connectivity index (χ0n) is 15.0. The number of hydrogen-bond acceptors (Lipinski definition) is 4. The second-order valence-corrected chi connectivity index (χ2v) is 6.74. The SMILES string of the molecule is O=C(Cl)c1cc(Oc2c(F)c(F)c(C(=O)c3ccccc3)c(F)c2F)cc(C(=O)Cl)c1. The fraction of sp³-hybridized carbons (Fsp3) is 0. The summed E-state index contributed by atoms with van der Waals surface area (Å²) in [5, 5.41) is -2.13. The van der Waals surface area contributed by atoms with E-state index >= 15 is 0 Å². The first-order valence-electron chi connectivity index (χ1n) is 8.30. The topological polar surface area (TPSA) is 60.4 Å². The molecule has 4 nitrogen and oxygen atoms in total. The van der Waals surface area contributed by atoms with Crippen molar-refractivity contribution in [2.24, 2.45) is 0 Å². The molecule has 0 unspecified atom stereocenters. The number of hydrogen-bond donors (Lipinski definition) is 0. The van der Waals surface area contributed by atoms with E-state index in [-0.39, 0.29) is 16.7 Å². The second kappa shape index (κ2) is 8.87. The van der Waals surface area contributed by atoms with Crippen molar-refractivity contribution in [1.29, 1.82) is 0 Å². The van der Waals surface area contributed by atoms with E-state index in [1.807, 2.05) is 0 Å². The van der Waals surface area contributed by atoms with Crippen LogP contribution in [0.1, 0.15) is 36.6 Å². The largest absolute Gasteiger partial charge is 0.451 e. The summed E-state index contributed by atoms with van der Waals surface area (Å²) in [6, 6.07) is 9.46. The molecule has 158 valence electrons. The lowest BCUT2D eigenvalue weighted by Gasteiger charge is -2.13. The molecule has 0 bridgehead atoms. The molecule has 0 aliphatic rings. The molecule has 0 aliphatic carbocycles. The molecule has 3 aromatic rings. The van der Waals surface area contributed by atoms with Crippen LogP contribution in [0.15, 0.2) is 48.5 Å². The Labute approximate surface area is 182 Å². The molecule has 0 radical (unpaired) electrons. The Hall–Kier alpha value is -3.23. The van der Waals surface area contributed by atoms with Crippen molar-refractivity contribution in [1.82, 2.24) is 0 Å². The number of halogens is 6. The maximum Gasteiger partial charge on any atom is 0.252 e. The predicted octanol–water partition coefficient (Wildman–Crippen LogP) is 6.02. The zero-order chi connectivity index (χ0) is 22.9. The van der Waals surface area contributed by atoms with E-state index in [9.17, 15) is 31.9 Å². The highest BCUT2D eigenvalue weighted by Gasteiger charge is 2.31. The van der Waals surface area contributed by atoms with E-state index in [4.69, 9.17) is 27.9 Å². The summed E-state index contributed by atoms with van der Waals surface area (Å²) in [7, 11) is 0. The van der Waals surface area contributed by atoms with Gasteiger partial charge in [0, 0.05) is 16.7 Å². The maximum atomic E-state index is 14.5. The Morgan fingerprint density at radius 1 is 0.677 bits per heavy atom. The zero-order valence-corrected chi connectivity index (χ0v) is 16.5. The molecule has 0 atom stereocenters. The molecule has 0 fully saturated rings. The minimum atomic E-state index is -2.00. The highest BCUT2D eigenvalue weighted by atomic mass is 35.5. The van der Waals surface area contributed by atoms with Crippen molar-refractivity contribution in [2.75, 3.05) is 0 Å². The first-order valence-corrected chi connectivity index (χ1v) is 9.05. The Kier molecular flexibility index (Phi) is 6.42. The lowest BCUT2D eigenvalue weighted by atomic mass is 10.0. The van der Waals surface area contributed by atoms with Crippen LogP contribution in [0.3, 0.4) is 0 Å². The van der Waals surface area contributed by atoms with Crippen LogP contribution < -0.4 is 4.74 Å². The van der Waals surface area contributed by atoms with E-state index < -0.39 is 56.6 Å². The van der Waals surface area contributed by atoms with Crippen molar-refractivity contribution >= 4 is 39.5 Å². The van der Waals surface area contributed by atoms with E-state index in [1.54, 1.807) is 0 Å². The number of ketones is 1. The minimum absolute atomic E-state index is 0.202. The van der Waals surface area contributed by atoms with Crippen molar-refractivity contribution in [3.05, 3.63) is 94.1 Å². The molecule has 0 N–H and O–H groups in total. The summed E-state index contributed by atoms with van der Waals surface area (Å²) in [4.78, 5) is 35.1. The average molecular weight is 471 g/mol. The van der Waals surface area contributed by atoms with Crippen molar-refractivity contribution in [2.45, 2.75) is 0 Å². The van der Waals surface area contributed by atoms with Gasteiger partial charge in [0.15, 0.2) is 17.4 Å². The third-order valence-corrected chi connectivity index (χ3v) is 4.50. The lowest BCUT2D eigenvalue weighted by molar-refractivity contribution is 0.102. The van der Waals surface area contributed by atoms with Gasteiger partial charge in [0.25, 0.3) is 10.5 Å². The van der Waals surface area contributed by atoms with Gasteiger partial charge in [-0.3, -0.25) is 14.4 Å². The highest BCUT2D eigenvalue weighted by molar-refractivity contribution is 6.69. The van der Waals surface area contributed by atoms with Gasteiger partial charge < -0.3 is 4.74 Å². The maximum absolute atomic E-state index is 14.5. The number of rotatable bonds is 6. The van der Waals surface area contributed by atoms with Crippen molar-refractivity contribution < 1.29 is 36.7 Å². The van der Waals surface area contributed by atoms with Gasteiger partial charge in [0.2, 0.25) is 17.4 Å². The van der Waals surface area contributed by atoms with Gasteiger partial charge in [0.05, 0.1) is 0 Å². The third-order valence-electron chi connectivity index (χ3n) is 4.07. The van der Waals surface area contributed by atoms with Gasteiger partial charge >= 0.3 is 0 Å². The summed E-state index contributed by atoms with van der Waals surface area (Å²) >= 11 is 10.7. The number of carbonyl (C=O) groups excluding carboxylic acids is 3. The Morgan fingerprint density at radius 2 is 1.16 bits per heavy atom. The Morgan fingerprint density at radius 3 is 1.61 bits per heavy atom. The molecule has 0 amide bonds. The molecule has 3 rings (SSSR count). The smallest absolute Gasteiger partial charge is 0.252 e. The Bertz CT molecular complexity index is 1170. The summed E-state index contributed by atoms with van der Waals surface area (Å²) in [6.07, 6.45) is 0. The molecule has 31 heavy (non-hydrogen) atoms. The second-order valence-electron chi connectivity index (χ2n) is 6.05. The summed E-state index contributed by atoms with van der Waals surface area (Å²) < 4.78 is 63.0. The van der Waals surface area contributed by atoms with E-state index in [2.05, 4.69) is 0 Å². The van der Waals surface area contributed by atoms with E-state index in [0.717, 1.165) is 18.2 Å². The van der Waals surface area contributed by atoms with Crippen molar-refractivity contribution in [3.8, 4) is 11.5 Å². The molecule has 0 saturated carbocycles. The highest BCUT2D eigenvalue weighted by Crippen LogP contribution is 2.35. The van der Waals surface area contributed by atoms with Crippen LogP contribution in [-0.2, 0) is 0 Å². The monoisotopic (exact) mass is 470 g/mol. The van der Waals surface area contributed by atoms with Gasteiger partial charge in [-0.15, -0.1) is 0 Å². The lowest BCUT2D eigenvalue weighted by Crippen LogP contribution is -2.13. The van der Waals surface area contributed by atoms with Crippen LogP contribution >= 0.6 is 23.2 Å². The summed E-state index contributed by atoms with van der Waals surface area (Å²) in [5.74, 6) is -11.4. The third kappa shape index (κ3) is 4.45.